The quantitative estimate of drug-likeness (QED) is 0.206. The summed E-state index contributed by atoms with van der Waals surface area (Å²) in [6.45, 7) is 13.5. The Hall–Kier alpha value is -3.85. The van der Waals surface area contributed by atoms with Crippen molar-refractivity contribution in [3.05, 3.63) is 87.3 Å². The number of fused-ring (bicyclic) bond motifs is 1. The molecule has 4 aromatic rings. The van der Waals surface area contributed by atoms with E-state index in [1.165, 1.54) is 27.9 Å². The average Bonchev–Trinajstić information content (AvgIpc) is 3.08. The van der Waals surface area contributed by atoms with Crippen LogP contribution in [-0.4, -0.2) is 75.8 Å². The van der Waals surface area contributed by atoms with Crippen molar-refractivity contribution in [2.45, 2.75) is 52.7 Å². The molecule has 2 aliphatic heterocycles. The maximum atomic E-state index is 13.5. The summed E-state index contributed by atoms with van der Waals surface area (Å²) in [7, 11) is 3.27. The second-order valence-electron chi connectivity index (χ2n) is 12.9. The molecule has 0 saturated carbocycles. The Kier molecular flexibility index (Phi) is 9.68. The van der Waals surface area contributed by atoms with Crippen molar-refractivity contribution in [3.8, 4) is 22.6 Å². The second-order valence-corrected chi connectivity index (χ2v) is 12.9. The Labute approximate surface area is 272 Å². The SMILES string of the molecule is CCN(c1cc(-c2ccc(C[N+]3(Cc4c(=O)[nH]c(C)c5cc(OC)c(OC)cc45)CCOCC3)cc2)ccc1C)C1CCOCC1. The van der Waals surface area contributed by atoms with Crippen LogP contribution in [0.25, 0.3) is 21.9 Å². The van der Waals surface area contributed by atoms with Crippen molar-refractivity contribution in [1.29, 1.82) is 0 Å². The number of hydrogen-bond donors (Lipinski definition) is 1. The van der Waals surface area contributed by atoms with E-state index in [1.54, 1.807) is 14.2 Å². The number of hydrogen-bond acceptors (Lipinski definition) is 6. The Morgan fingerprint density at radius 3 is 2.11 bits per heavy atom. The summed E-state index contributed by atoms with van der Waals surface area (Å²) in [4.78, 5) is 19.2. The number of aromatic amines is 1. The van der Waals surface area contributed by atoms with Crippen molar-refractivity contribution >= 4 is 16.5 Å². The lowest BCUT2D eigenvalue weighted by Crippen LogP contribution is -2.54. The molecule has 1 N–H and O–H groups in total. The predicted octanol–water partition coefficient (Wildman–Crippen LogP) is 6.38. The number of nitrogens with zero attached hydrogens (tertiary/aromatic N) is 2. The van der Waals surface area contributed by atoms with Gasteiger partial charge >= 0.3 is 0 Å². The third kappa shape index (κ3) is 6.52. The molecule has 3 aromatic carbocycles. The highest BCUT2D eigenvalue weighted by Gasteiger charge is 2.33. The first-order valence-electron chi connectivity index (χ1n) is 16.6. The van der Waals surface area contributed by atoms with E-state index in [0.717, 1.165) is 78.7 Å². The van der Waals surface area contributed by atoms with Gasteiger partial charge < -0.3 is 33.3 Å². The third-order valence-electron chi connectivity index (χ3n) is 10.0. The standard InChI is InChI=1S/C38H47N3O5/c1-6-40(31-13-17-45-18-14-31)35-21-30(10-7-26(35)2)29-11-8-28(9-12-29)24-41(15-19-46-20-16-41)25-34-33-23-37(44-5)36(43-4)22-32(33)27(3)39-38(34)42/h7-12,21-23,31H,6,13-20,24-25H2,1-5H3/p+1. The number of aryl methyl sites for hydroxylation is 2. The fourth-order valence-electron chi connectivity index (χ4n) is 7.38. The molecule has 3 heterocycles. The van der Waals surface area contributed by atoms with E-state index in [9.17, 15) is 4.79 Å². The van der Waals surface area contributed by atoms with Gasteiger partial charge in [0.2, 0.25) is 0 Å². The highest BCUT2D eigenvalue weighted by molar-refractivity contribution is 5.90. The van der Waals surface area contributed by atoms with Crippen LogP contribution in [0.5, 0.6) is 11.5 Å². The summed E-state index contributed by atoms with van der Waals surface area (Å²) < 4.78 is 23.4. The lowest BCUT2D eigenvalue weighted by molar-refractivity contribution is -0.960. The molecule has 0 radical (unpaired) electrons. The number of ether oxygens (including phenoxy) is 4. The van der Waals surface area contributed by atoms with Crippen molar-refractivity contribution in [3.63, 3.8) is 0 Å². The third-order valence-corrected chi connectivity index (χ3v) is 10.0. The number of pyridine rings is 1. The smallest absolute Gasteiger partial charge is 0.257 e. The number of benzene rings is 3. The number of quaternary nitrogens is 1. The Morgan fingerprint density at radius 1 is 0.826 bits per heavy atom. The van der Waals surface area contributed by atoms with Crippen LogP contribution >= 0.6 is 0 Å². The van der Waals surface area contributed by atoms with Gasteiger partial charge in [0.25, 0.3) is 5.56 Å². The first-order valence-corrected chi connectivity index (χ1v) is 16.6. The van der Waals surface area contributed by atoms with Crippen molar-refractivity contribution in [1.82, 2.24) is 4.98 Å². The normalized spacial score (nSPS) is 16.8. The maximum Gasteiger partial charge on any atom is 0.257 e. The van der Waals surface area contributed by atoms with E-state index >= 15 is 0 Å². The number of nitrogens with one attached hydrogen (secondary N) is 1. The highest BCUT2D eigenvalue weighted by atomic mass is 16.5. The molecule has 8 nitrogen and oxygen atoms in total. The first kappa shape index (κ1) is 32.1. The summed E-state index contributed by atoms with van der Waals surface area (Å²) in [6.07, 6.45) is 2.15. The van der Waals surface area contributed by atoms with E-state index in [0.29, 0.717) is 37.3 Å². The second kappa shape index (κ2) is 13.9. The molecule has 2 saturated heterocycles. The molecule has 0 unspecified atom stereocenters. The summed E-state index contributed by atoms with van der Waals surface area (Å²) in [5.41, 5.74) is 7.87. The number of anilines is 1. The minimum absolute atomic E-state index is 0.0476. The van der Waals surface area contributed by atoms with Crippen LogP contribution in [0.3, 0.4) is 0 Å². The molecule has 2 aliphatic rings. The van der Waals surface area contributed by atoms with Crippen molar-refractivity contribution in [2.24, 2.45) is 0 Å². The fraction of sp³-hybridized carbons (Fsp3) is 0.447. The predicted molar refractivity (Wildman–Crippen MR) is 184 cm³/mol. The molecule has 0 aliphatic carbocycles. The van der Waals surface area contributed by atoms with Crippen LogP contribution < -0.4 is 19.9 Å². The monoisotopic (exact) mass is 626 g/mol. The zero-order valence-electron chi connectivity index (χ0n) is 28.0. The van der Waals surface area contributed by atoms with E-state index < -0.39 is 0 Å². The van der Waals surface area contributed by atoms with Crippen LogP contribution in [0.1, 0.15) is 42.1 Å². The molecule has 244 valence electrons. The van der Waals surface area contributed by atoms with E-state index in [-0.39, 0.29) is 5.56 Å². The van der Waals surface area contributed by atoms with Crippen LogP contribution in [0.4, 0.5) is 5.69 Å². The Morgan fingerprint density at radius 2 is 1.46 bits per heavy atom. The lowest BCUT2D eigenvalue weighted by atomic mass is 9.98. The summed E-state index contributed by atoms with van der Waals surface area (Å²) in [5.74, 6) is 1.28. The maximum absolute atomic E-state index is 13.5. The van der Waals surface area contributed by atoms with Crippen LogP contribution in [0.15, 0.2) is 59.4 Å². The highest BCUT2D eigenvalue weighted by Crippen LogP contribution is 2.36. The van der Waals surface area contributed by atoms with Gasteiger partial charge in [-0.2, -0.15) is 0 Å². The molecule has 1 aromatic heterocycles. The number of aromatic nitrogens is 1. The van der Waals surface area contributed by atoms with Gasteiger partial charge in [0, 0.05) is 53.5 Å². The van der Waals surface area contributed by atoms with Crippen molar-refractivity contribution < 1.29 is 23.4 Å². The molecule has 8 heteroatoms. The van der Waals surface area contributed by atoms with E-state index in [4.69, 9.17) is 18.9 Å². The van der Waals surface area contributed by atoms with Crippen molar-refractivity contribution in [2.75, 3.05) is 65.2 Å². The minimum Gasteiger partial charge on any atom is -0.493 e. The molecule has 0 amide bonds. The topological polar surface area (TPSA) is 73.0 Å². The Bertz CT molecular complexity index is 1720. The zero-order chi connectivity index (χ0) is 32.3. The molecular weight excluding hydrogens is 578 g/mol. The van der Waals surface area contributed by atoms with Crippen LogP contribution in [-0.2, 0) is 22.6 Å². The summed E-state index contributed by atoms with van der Waals surface area (Å²) >= 11 is 0. The summed E-state index contributed by atoms with van der Waals surface area (Å²) in [5, 5.41) is 1.88. The van der Waals surface area contributed by atoms with Gasteiger partial charge in [-0.1, -0.05) is 36.4 Å². The van der Waals surface area contributed by atoms with Gasteiger partial charge in [0.05, 0.1) is 33.0 Å². The molecular formula is C38H48N3O5+. The van der Waals surface area contributed by atoms with Gasteiger partial charge in [0.15, 0.2) is 11.5 Å². The van der Waals surface area contributed by atoms with Crippen LogP contribution in [0, 0.1) is 13.8 Å². The first-order chi connectivity index (χ1) is 22.3. The molecule has 0 atom stereocenters. The number of rotatable bonds is 10. The van der Waals surface area contributed by atoms with Crippen LogP contribution in [0.2, 0.25) is 0 Å². The molecule has 46 heavy (non-hydrogen) atoms. The van der Waals surface area contributed by atoms with Gasteiger partial charge in [-0.25, -0.2) is 0 Å². The average molecular weight is 627 g/mol. The fourth-order valence-corrected chi connectivity index (χ4v) is 7.38. The van der Waals surface area contributed by atoms with E-state index in [2.05, 4.69) is 66.2 Å². The molecule has 0 spiro atoms. The minimum atomic E-state index is -0.0476. The molecule has 2 fully saturated rings. The zero-order valence-corrected chi connectivity index (χ0v) is 28.0. The number of morpholine rings is 1. The summed E-state index contributed by atoms with van der Waals surface area (Å²) in [6, 6.07) is 20.3. The largest absolute Gasteiger partial charge is 0.493 e. The Balaban J connectivity index is 1.29. The molecule has 0 bridgehead atoms. The van der Waals surface area contributed by atoms with Gasteiger partial charge in [0.1, 0.15) is 26.2 Å². The lowest BCUT2D eigenvalue weighted by Gasteiger charge is -2.41. The van der Waals surface area contributed by atoms with Gasteiger partial charge in [-0.15, -0.1) is 0 Å². The van der Waals surface area contributed by atoms with Gasteiger partial charge in [-0.05, 0) is 68.5 Å². The number of H-pyrrole nitrogens is 1. The number of methoxy groups -OCH3 is 2. The van der Waals surface area contributed by atoms with Gasteiger partial charge in [-0.3, -0.25) is 4.79 Å². The van der Waals surface area contributed by atoms with E-state index in [1.807, 2.05) is 19.1 Å². The molecule has 6 rings (SSSR count).